The van der Waals surface area contributed by atoms with Crippen molar-refractivity contribution in [1.82, 2.24) is 10.8 Å². The van der Waals surface area contributed by atoms with Crippen LogP contribution in [-0.4, -0.2) is 56.3 Å². The third-order valence-electron chi connectivity index (χ3n) is 1.09. The molecule has 0 fully saturated rings. The summed E-state index contributed by atoms with van der Waals surface area (Å²) < 4.78 is 0. The molecule has 0 heterocycles. The highest BCUT2D eigenvalue weighted by molar-refractivity contribution is 7.99. The summed E-state index contributed by atoms with van der Waals surface area (Å²) in [6.45, 7) is -0.0794. The van der Waals surface area contributed by atoms with Gasteiger partial charge in [0.25, 0.3) is 0 Å². The van der Waals surface area contributed by atoms with E-state index in [0.29, 0.717) is 0 Å². The zero-order chi connectivity index (χ0) is 10.3. The van der Waals surface area contributed by atoms with E-state index in [2.05, 4.69) is 9.68 Å². The largest absolute Gasteiger partial charge is 0.266 e. The van der Waals surface area contributed by atoms with Gasteiger partial charge in [0.2, 0.25) is 0 Å². The van der Waals surface area contributed by atoms with E-state index in [0.717, 1.165) is 0 Å². The second kappa shape index (κ2) is 7.44. The van der Waals surface area contributed by atoms with Gasteiger partial charge in [-0.3, -0.25) is 20.8 Å². The van der Waals surface area contributed by atoms with E-state index in [1.165, 1.54) is 11.8 Å². The van der Waals surface area contributed by atoms with Gasteiger partial charge in [-0.05, 0) is 6.26 Å². The quantitative estimate of drug-likeness (QED) is 0.428. The lowest BCUT2D eigenvalue weighted by atomic mass is 10.5. The summed E-state index contributed by atoms with van der Waals surface area (Å²) in [6.07, 6.45) is 1.73. The Bertz CT molecular complexity index is 113. The molecule has 0 aromatic rings. The first-order chi connectivity index (χ1) is 6.06. The fraction of sp³-hybridized carbons (Fsp3) is 1.00. The van der Waals surface area contributed by atoms with Crippen LogP contribution in [0.25, 0.3) is 0 Å². The summed E-state index contributed by atoms with van der Waals surface area (Å²) in [7, 11) is 0. The zero-order valence-corrected chi connectivity index (χ0v) is 7.72. The summed E-state index contributed by atoms with van der Waals surface area (Å²) in [5.41, 5.74) is 0. The summed E-state index contributed by atoms with van der Waals surface area (Å²) in [5, 5.41) is 31.6. The first-order valence-corrected chi connectivity index (χ1v) is 4.49. The molecule has 0 amide bonds. The van der Waals surface area contributed by atoms with Crippen molar-refractivity contribution in [3.63, 3.8) is 0 Å². The number of nitrogens with zero attached hydrogens (tertiary/aromatic N) is 2. The van der Waals surface area contributed by atoms with Gasteiger partial charge in [0.15, 0.2) is 0 Å². The zero-order valence-electron chi connectivity index (χ0n) is 6.90. The topological polar surface area (TPSA) is 106 Å². The van der Waals surface area contributed by atoms with E-state index in [9.17, 15) is 0 Å². The Morgan fingerprint density at radius 3 is 1.69 bits per heavy atom. The summed E-state index contributed by atoms with van der Waals surface area (Å²) in [6, 6.07) is 0. The number of thioether (sulfide) groups is 1. The van der Waals surface area contributed by atoms with E-state index in [1.54, 1.807) is 6.26 Å². The number of hydrogen-bond donors (Lipinski definition) is 4. The fourth-order valence-corrected chi connectivity index (χ4v) is 0.878. The molecule has 0 bridgehead atoms. The first kappa shape index (κ1) is 13.0. The lowest BCUT2D eigenvalue weighted by molar-refractivity contribution is -0.500. The molecular formula is C4H12N2O6S. The Balaban J connectivity index is 3.51. The SMILES string of the molecule is CSC(CON(O)O)CON(O)O. The Hall–Kier alpha value is 0.0300. The van der Waals surface area contributed by atoms with Gasteiger partial charge < -0.3 is 0 Å². The molecule has 0 atom stereocenters. The van der Waals surface area contributed by atoms with Crippen LogP contribution in [-0.2, 0) is 9.68 Å². The molecule has 0 saturated carbocycles. The maximum absolute atomic E-state index is 8.18. The Morgan fingerprint density at radius 2 is 1.46 bits per heavy atom. The van der Waals surface area contributed by atoms with Gasteiger partial charge in [-0.15, -0.1) is 0 Å². The summed E-state index contributed by atoms with van der Waals surface area (Å²) in [4.78, 5) is 8.58. The van der Waals surface area contributed by atoms with E-state index in [1.807, 2.05) is 0 Å². The molecule has 0 aromatic heterocycles. The van der Waals surface area contributed by atoms with Gasteiger partial charge in [0.1, 0.15) is 0 Å². The van der Waals surface area contributed by atoms with E-state index in [4.69, 9.17) is 20.8 Å². The average molecular weight is 216 g/mol. The van der Waals surface area contributed by atoms with Crippen molar-refractivity contribution < 1.29 is 30.5 Å². The summed E-state index contributed by atoms with van der Waals surface area (Å²) in [5.74, 6) is 0. The van der Waals surface area contributed by atoms with Crippen molar-refractivity contribution >= 4 is 11.8 Å². The monoisotopic (exact) mass is 216 g/mol. The number of rotatable bonds is 7. The van der Waals surface area contributed by atoms with Gasteiger partial charge in [0.05, 0.1) is 29.2 Å². The minimum atomic E-state index is -0.418. The summed E-state index contributed by atoms with van der Waals surface area (Å²) >= 11 is 1.31. The maximum atomic E-state index is 8.18. The highest BCUT2D eigenvalue weighted by Crippen LogP contribution is 2.07. The van der Waals surface area contributed by atoms with Crippen LogP contribution in [0.15, 0.2) is 0 Å². The molecule has 0 unspecified atom stereocenters. The van der Waals surface area contributed by atoms with Crippen LogP contribution in [0.5, 0.6) is 0 Å². The predicted octanol–water partition coefficient (Wildman–Crippen LogP) is -0.258. The minimum absolute atomic E-state index is 0.0397. The average Bonchev–Trinajstić information content (AvgIpc) is 2.04. The van der Waals surface area contributed by atoms with Crippen LogP contribution in [0.4, 0.5) is 0 Å². The maximum Gasteiger partial charge on any atom is 0.0877 e. The van der Waals surface area contributed by atoms with Crippen molar-refractivity contribution in [3.8, 4) is 0 Å². The van der Waals surface area contributed by atoms with Gasteiger partial charge in [-0.1, -0.05) is 0 Å². The predicted molar refractivity (Wildman–Crippen MR) is 40.0 cm³/mol. The molecule has 0 saturated heterocycles. The van der Waals surface area contributed by atoms with Crippen molar-refractivity contribution in [2.45, 2.75) is 5.25 Å². The smallest absolute Gasteiger partial charge is 0.0877 e. The third-order valence-corrected chi connectivity index (χ3v) is 2.02. The molecule has 8 nitrogen and oxygen atoms in total. The van der Waals surface area contributed by atoms with Gasteiger partial charge in [-0.25, -0.2) is 9.68 Å². The van der Waals surface area contributed by atoms with Crippen LogP contribution in [0.1, 0.15) is 0 Å². The van der Waals surface area contributed by atoms with Crippen molar-refractivity contribution in [1.29, 1.82) is 0 Å². The molecule has 0 aliphatic rings. The van der Waals surface area contributed by atoms with Crippen molar-refractivity contribution in [3.05, 3.63) is 0 Å². The second-order valence-corrected chi connectivity index (χ2v) is 3.09. The van der Waals surface area contributed by atoms with Crippen molar-refractivity contribution in [2.24, 2.45) is 0 Å². The molecule has 4 N–H and O–H groups in total. The van der Waals surface area contributed by atoms with Crippen LogP contribution in [0.3, 0.4) is 0 Å². The molecule has 0 aromatic carbocycles. The van der Waals surface area contributed by atoms with Crippen molar-refractivity contribution in [2.75, 3.05) is 19.5 Å². The van der Waals surface area contributed by atoms with Gasteiger partial charge in [0, 0.05) is 0 Å². The number of hydrogen-bond acceptors (Lipinski definition) is 9. The van der Waals surface area contributed by atoms with E-state index >= 15 is 0 Å². The van der Waals surface area contributed by atoms with Crippen LogP contribution >= 0.6 is 11.8 Å². The van der Waals surface area contributed by atoms with Crippen LogP contribution in [0, 0.1) is 0 Å². The van der Waals surface area contributed by atoms with E-state index in [-0.39, 0.29) is 18.5 Å². The highest BCUT2D eigenvalue weighted by Gasteiger charge is 2.11. The molecule has 9 heteroatoms. The first-order valence-electron chi connectivity index (χ1n) is 3.20. The Morgan fingerprint density at radius 1 is 1.08 bits per heavy atom. The van der Waals surface area contributed by atoms with Gasteiger partial charge in [-0.2, -0.15) is 11.8 Å². The third kappa shape index (κ3) is 8.36. The molecule has 0 rings (SSSR count). The highest BCUT2D eigenvalue weighted by atomic mass is 32.2. The molecule has 13 heavy (non-hydrogen) atoms. The van der Waals surface area contributed by atoms with Crippen LogP contribution < -0.4 is 0 Å². The Labute approximate surface area is 78.6 Å². The molecule has 0 aliphatic carbocycles. The molecule has 0 aliphatic heterocycles. The fourth-order valence-electron chi connectivity index (χ4n) is 0.484. The Kier molecular flexibility index (Phi) is 7.45. The minimum Gasteiger partial charge on any atom is -0.266 e. The molecular weight excluding hydrogens is 204 g/mol. The normalized spacial score (nSPS) is 12.0. The second-order valence-electron chi connectivity index (χ2n) is 1.95. The lowest BCUT2D eigenvalue weighted by Crippen LogP contribution is -2.27. The van der Waals surface area contributed by atoms with Gasteiger partial charge >= 0.3 is 0 Å². The van der Waals surface area contributed by atoms with E-state index < -0.39 is 10.8 Å². The molecule has 0 radical (unpaired) electrons. The molecule has 0 spiro atoms. The standard InChI is InChI=1S/C4H12N2O6S/c1-13-4(2-11-5(7)8)3-12-6(9)10/h4,7-10H,2-3H2,1H3. The molecule has 80 valence electrons. The lowest BCUT2D eigenvalue weighted by Gasteiger charge is -2.15. The van der Waals surface area contributed by atoms with Crippen LogP contribution in [0.2, 0.25) is 0 Å².